The molecule has 0 fully saturated rings. The van der Waals surface area contributed by atoms with Crippen molar-refractivity contribution < 1.29 is 20.1 Å². The summed E-state index contributed by atoms with van der Waals surface area (Å²) in [4.78, 5) is 0. The van der Waals surface area contributed by atoms with E-state index in [1.165, 1.54) is 7.11 Å². The van der Waals surface area contributed by atoms with Gasteiger partial charge in [0.05, 0.1) is 13.2 Å². The van der Waals surface area contributed by atoms with Crippen LogP contribution in [0.3, 0.4) is 0 Å². The van der Waals surface area contributed by atoms with Gasteiger partial charge >= 0.3 is 0 Å². The van der Waals surface area contributed by atoms with E-state index in [0.29, 0.717) is 11.3 Å². The SMILES string of the molecule is COc1cccc(C(O)C(O)CCO)c1. The molecule has 84 valence electrons. The summed E-state index contributed by atoms with van der Waals surface area (Å²) in [6, 6.07) is 6.86. The molecule has 0 radical (unpaired) electrons. The van der Waals surface area contributed by atoms with E-state index in [0.717, 1.165) is 0 Å². The van der Waals surface area contributed by atoms with Gasteiger partial charge in [-0.05, 0) is 24.1 Å². The minimum Gasteiger partial charge on any atom is -0.497 e. The Balaban J connectivity index is 2.76. The topological polar surface area (TPSA) is 69.9 Å². The summed E-state index contributed by atoms with van der Waals surface area (Å²) in [6.07, 6.45) is -1.80. The van der Waals surface area contributed by atoms with Crippen LogP contribution in [0.5, 0.6) is 5.75 Å². The second-order valence-corrected chi connectivity index (χ2v) is 3.30. The molecule has 0 spiro atoms. The fourth-order valence-electron chi connectivity index (χ4n) is 1.34. The number of methoxy groups -OCH3 is 1. The van der Waals surface area contributed by atoms with E-state index in [4.69, 9.17) is 9.84 Å². The maximum absolute atomic E-state index is 9.72. The largest absolute Gasteiger partial charge is 0.497 e. The number of hydrogen-bond acceptors (Lipinski definition) is 4. The van der Waals surface area contributed by atoms with E-state index >= 15 is 0 Å². The Bertz CT molecular complexity index is 300. The van der Waals surface area contributed by atoms with Crippen LogP contribution in [0.25, 0.3) is 0 Å². The van der Waals surface area contributed by atoms with Crippen LogP contribution in [0, 0.1) is 0 Å². The summed E-state index contributed by atoms with van der Waals surface area (Å²) in [5.74, 6) is 0.628. The Morgan fingerprint density at radius 3 is 2.67 bits per heavy atom. The van der Waals surface area contributed by atoms with E-state index < -0.39 is 12.2 Å². The van der Waals surface area contributed by atoms with Crippen LogP contribution in [-0.2, 0) is 0 Å². The first-order chi connectivity index (χ1) is 7.19. The van der Waals surface area contributed by atoms with Crippen LogP contribution in [0.4, 0.5) is 0 Å². The number of aliphatic hydroxyl groups excluding tert-OH is 3. The molecule has 3 N–H and O–H groups in total. The predicted molar refractivity (Wildman–Crippen MR) is 55.7 cm³/mol. The smallest absolute Gasteiger partial charge is 0.119 e. The van der Waals surface area contributed by atoms with Gasteiger partial charge in [0.2, 0.25) is 0 Å². The van der Waals surface area contributed by atoms with Crippen molar-refractivity contribution in [2.24, 2.45) is 0 Å². The first-order valence-corrected chi connectivity index (χ1v) is 4.80. The van der Waals surface area contributed by atoms with Gasteiger partial charge in [-0.25, -0.2) is 0 Å². The predicted octanol–water partition coefficient (Wildman–Crippen LogP) is 0.472. The van der Waals surface area contributed by atoms with E-state index in [2.05, 4.69) is 0 Å². The van der Waals surface area contributed by atoms with Crippen LogP contribution in [0.1, 0.15) is 18.1 Å². The Morgan fingerprint density at radius 2 is 2.07 bits per heavy atom. The first-order valence-electron chi connectivity index (χ1n) is 4.80. The average molecular weight is 212 g/mol. The molecule has 0 aliphatic carbocycles. The van der Waals surface area contributed by atoms with Crippen molar-refractivity contribution in [3.8, 4) is 5.75 Å². The minimum atomic E-state index is -0.993. The zero-order chi connectivity index (χ0) is 11.3. The summed E-state index contributed by atoms with van der Waals surface area (Å²) in [5, 5.41) is 27.8. The first kappa shape index (κ1) is 12.0. The highest BCUT2D eigenvalue weighted by Gasteiger charge is 2.17. The number of hydrogen-bond donors (Lipinski definition) is 3. The van der Waals surface area contributed by atoms with E-state index in [1.807, 2.05) is 0 Å². The molecule has 0 saturated heterocycles. The van der Waals surface area contributed by atoms with Gasteiger partial charge < -0.3 is 20.1 Å². The highest BCUT2D eigenvalue weighted by Crippen LogP contribution is 2.22. The molecule has 4 heteroatoms. The summed E-state index contributed by atoms with van der Waals surface area (Å²) in [5.41, 5.74) is 0.579. The summed E-state index contributed by atoms with van der Waals surface area (Å²) in [7, 11) is 1.54. The third-order valence-corrected chi connectivity index (χ3v) is 2.22. The Morgan fingerprint density at radius 1 is 1.33 bits per heavy atom. The molecule has 1 aromatic rings. The molecule has 0 amide bonds. The maximum atomic E-state index is 9.72. The van der Waals surface area contributed by atoms with Crippen molar-refractivity contribution in [3.05, 3.63) is 29.8 Å². The number of rotatable bonds is 5. The van der Waals surface area contributed by atoms with Gasteiger partial charge in [0.15, 0.2) is 0 Å². The van der Waals surface area contributed by atoms with Crippen molar-refractivity contribution in [3.63, 3.8) is 0 Å². The average Bonchev–Trinajstić information content (AvgIpc) is 2.28. The number of ether oxygens (including phenoxy) is 1. The molecule has 0 heterocycles. The normalized spacial score (nSPS) is 14.7. The van der Waals surface area contributed by atoms with Crippen LogP contribution in [0.2, 0.25) is 0 Å². The quantitative estimate of drug-likeness (QED) is 0.663. The van der Waals surface area contributed by atoms with Crippen LogP contribution >= 0.6 is 0 Å². The lowest BCUT2D eigenvalue weighted by Crippen LogP contribution is -2.19. The van der Waals surface area contributed by atoms with Gasteiger partial charge in [-0.15, -0.1) is 0 Å². The van der Waals surface area contributed by atoms with Gasteiger partial charge in [-0.2, -0.15) is 0 Å². The second kappa shape index (κ2) is 5.70. The van der Waals surface area contributed by atoms with Gasteiger partial charge in [0, 0.05) is 6.61 Å². The molecule has 2 atom stereocenters. The summed E-state index contributed by atoms with van der Waals surface area (Å²) < 4.78 is 5.00. The second-order valence-electron chi connectivity index (χ2n) is 3.30. The van der Waals surface area contributed by atoms with Gasteiger partial charge in [0.25, 0.3) is 0 Å². The van der Waals surface area contributed by atoms with E-state index in [1.54, 1.807) is 24.3 Å². The van der Waals surface area contributed by atoms with Crippen molar-refractivity contribution >= 4 is 0 Å². The van der Waals surface area contributed by atoms with Crippen molar-refractivity contribution in [2.45, 2.75) is 18.6 Å². The summed E-state index contributed by atoms with van der Waals surface area (Å²) >= 11 is 0. The number of aliphatic hydroxyl groups is 3. The molecule has 1 rings (SSSR count). The van der Waals surface area contributed by atoms with Crippen molar-refractivity contribution in [2.75, 3.05) is 13.7 Å². The van der Waals surface area contributed by atoms with Gasteiger partial charge in [-0.1, -0.05) is 12.1 Å². The molecule has 1 aromatic carbocycles. The Hall–Kier alpha value is -1.10. The third-order valence-electron chi connectivity index (χ3n) is 2.22. The molecule has 0 aliphatic rings. The molecule has 15 heavy (non-hydrogen) atoms. The molecule has 0 saturated carbocycles. The van der Waals surface area contributed by atoms with E-state index in [9.17, 15) is 10.2 Å². The highest BCUT2D eigenvalue weighted by atomic mass is 16.5. The summed E-state index contributed by atoms with van der Waals surface area (Å²) in [6.45, 7) is -0.151. The van der Waals surface area contributed by atoms with Crippen LogP contribution in [-0.4, -0.2) is 35.1 Å². The molecule has 4 nitrogen and oxygen atoms in total. The minimum absolute atomic E-state index is 0.151. The van der Waals surface area contributed by atoms with E-state index in [-0.39, 0.29) is 13.0 Å². The fourth-order valence-corrected chi connectivity index (χ4v) is 1.34. The van der Waals surface area contributed by atoms with Gasteiger partial charge in [-0.3, -0.25) is 0 Å². The molecular formula is C11H16O4. The highest BCUT2D eigenvalue weighted by molar-refractivity contribution is 5.30. The lowest BCUT2D eigenvalue weighted by atomic mass is 10.0. The zero-order valence-electron chi connectivity index (χ0n) is 8.63. The van der Waals surface area contributed by atoms with Crippen molar-refractivity contribution in [1.29, 1.82) is 0 Å². The lowest BCUT2D eigenvalue weighted by molar-refractivity contribution is 0.00413. The molecular weight excluding hydrogens is 196 g/mol. The van der Waals surface area contributed by atoms with Gasteiger partial charge in [0.1, 0.15) is 11.9 Å². The number of benzene rings is 1. The molecule has 0 bridgehead atoms. The van der Waals surface area contributed by atoms with Crippen LogP contribution in [0.15, 0.2) is 24.3 Å². The van der Waals surface area contributed by atoms with Crippen LogP contribution < -0.4 is 4.74 Å². The van der Waals surface area contributed by atoms with Crippen molar-refractivity contribution in [1.82, 2.24) is 0 Å². The standard InChI is InChI=1S/C11H16O4/c1-15-9-4-2-3-8(7-9)11(14)10(13)5-6-12/h2-4,7,10-14H,5-6H2,1H3. The Labute approximate surface area is 88.8 Å². The molecule has 0 aliphatic heterocycles. The fraction of sp³-hybridized carbons (Fsp3) is 0.455. The maximum Gasteiger partial charge on any atom is 0.119 e. The Kier molecular flexibility index (Phi) is 4.55. The zero-order valence-corrected chi connectivity index (χ0v) is 8.63. The lowest BCUT2D eigenvalue weighted by Gasteiger charge is -2.17. The monoisotopic (exact) mass is 212 g/mol. The molecule has 2 unspecified atom stereocenters. The molecule has 0 aromatic heterocycles. The third kappa shape index (κ3) is 3.20.